The smallest absolute Gasteiger partial charge is 0.318 e. The van der Waals surface area contributed by atoms with Crippen molar-refractivity contribution >= 4 is 35.1 Å². The Hall–Kier alpha value is -1.26. The van der Waals surface area contributed by atoms with Gasteiger partial charge in [0.1, 0.15) is 5.41 Å². The number of halogens is 2. The fraction of sp³-hybridized carbons (Fsp3) is 0.385. The van der Waals surface area contributed by atoms with Gasteiger partial charge in [-0.25, -0.2) is 0 Å². The van der Waals surface area contributed by atoms with Crippen molar-refractivity contribution in [3.63, 3.8) is 0 Å². The van der Waals surface area contributed by atoms with Crippen LogP contribution in [0.1, 0.15) is 32.4 Å². The molecule has 0 aliphatic rings. The maximum atomic E-state index is 11.9. The van der Waals surface area contributed by atoms with Gasteiger partial charge in [0, 0.05) is 10.0 Å². The minimum absolute atomic E-state index is 0.407. The van der Waals surface area contributed by atoms with Crippen LogP contribution >= 0.6 is 23.2 Å². The molecule has 6 heteroatoms. The molecule has 1 rings (SSSR count). The van der Waals surface area contributed by atoms with Crippen molar-refractivity contribution in [3.8, 4) is 0 Å². The minimum Gasteiger partial charge on any atom is -0.480 e. The Kier molecular flexibility index (Phi) is 4.82. The van der Waals surface area contributed by atoms with Crippen LogP contribution in [0.4, 0.5) is 0 Å². The largest absolute Gasteiger partial charge is 0.480 e. The molecular weight excluding hydrogens is 289 g/mol. The van der Waals surface area contributed by atoms with E-state index < -0.39 is 23.3 Å². The van der Waals surface area contributed by atoms with Gasteiger partial charge in [-0.2, -0.15) is 0 Å². The van der Waals surface area contributed by atoms with E-state index in [2.05, 4.69) is 5.32 Å². The lowest BCUT2D eigenvalue weighted by molar-refractivity contribution is -0.153. The predicted molar refractivity (Wildman–Crippen MR) is 74.4 cm³/mol. The number of rotatable bonds is 4. The number of nitrogens with one attached hydrogen (secondary N) is 1. The number of carboxylic acids is 1. The van der Waals surface area contributed by atoms with E-state index in [1.165, 1.54) is 13.8 Å². The summed E-state index contributed by atoms with van der Waals surface area (Å²) in [5.41, 5.74) is -0.812. The maximum absolute atomic E-state index is 11.9. The average molecular weight is 304 g/mol. The van der Waals surface area contributed by atoms with Gasteiger partial charge >= 0.3 is 5.97 Å². The molecule has 1 aromatic carbocycles. The number of hydrogen-bond acceptors (Lipinski definition) is 2. The standard InChI is InChI=1S/C13H15Cl2NO3/c1-7(9-5-4-8(14)6-10(9)15)16-11(17)13(2,3)12(18)19/h4-7H,1-3H3,(H,16,17)(H,18,19). The number of carbonyl (C=O) groups excluding carboxylic acids is 1. The van der Waals surface area contributed by atoms with Gasteiger partial charge in [-0.05, 0) is 38.5 Å². The summed E-state index contributed by atoms with van der Waals surface area (Å²) in [6.45, 7) is 4.42. The van der Waals surface area contributed by atoms with Crippen LogP contribution in [0.15, 0.2) is 18.2 Å². The Labute approximate surface area is 121 Å². The average Bonchev–Trinajstić information content (AvgIpc) is 2.28. The SMILES string of the molecule is CC(NC(=O)C(C)(C)C(=O)O)c1ccc(Cl)cc1Cl. The first kappa shape index (κ1) is 15.8. The highest BCUT2D eigenvalue weighted by atomic mass is 35.5. The van der Waals surface area contributed by atoms with Crippen molar-refractivity contribution in [1.29, 1.82) is 0 Å². The Morgan fingerprint density at radius 2 is 1.89 bits per heavy atom. The second kappa shape index (κ2) is 5.80. The lowest BCUT2D eigenvalue weighted by Gasteiger charge is -2.22. The maximum Gasteiger partial charge on any atom is 0.318 e. The lowest BCUT2D eigenvalue weighted by atomic mass is 9.92. The second-order valence-electron chi connectivity index (χ2n) is 4.79. The van der Waals surface area contributed by atoms with Crippen LogP contribution in [-0.4, -0.2) is 17.0 Å². The molecule has 1 unspecified atom stereocenters. The van der Waals surface area contributed by atoms with E-state index in [0.29, 0.717) is 15.6 Å². The molecule has 0 radical (unpaired) electrons. The first-order valence-electron chi connectivity index (χ1n) is 5.65. The van der Waals surface area contributed by atoms with Crippen LogP contribution in [0.2, 0.25) is 10.0 Å². The van der Waals surface area contributed by atoms with E-state index in [4.69, 9.17) is 28.3 Å². The number of hydrogen-bond donors (Lipinski definition) is 2. The van der Waals surface area contributed by atoms with Crippen molar-refractivity contribution in [1.82, 2.24) is 5.32 Å². The molecule has 1 atom stereocenters. The number of carbonyl (C=O) groups is 2. The van der Waals surface area contributed by atoms with Gasteiger partial charge in [0.05, 0.1) is 6.04 Å². The molecule has 0 aliphatic heterocycles. The number of amides is 1. The molecule has 1 amide bonds. The van der Waals surface area contributed by atoms with Gasteiger partial charge in [-0.1, -0.05) is 29.3 Å². The summed E-state index contributed by atoms with van der Waals surface area (Å²) in [7, 11) is 0. The van der Waals surface area contributed by atoms with Crippen molar-refractivity contribution in [2.75, 3.05) is 0 Å². The summed E-state index contributed by atoms with van der Waals surface area (Å²) < 4.78 is 0. The highest BCUT2D eigenvalue weighted by Gasteiger charge is 2.36. The van der Waals surface area contributed by atoms with Crippen LogP contribution in [0.5, 0.6) is 0 Å². The van der Waals surface area contributed by atoms with Crippen molar-refractivity contribution in [2.45, 2.75) is 26.8 Å². The van der Waals surface area contributed by atoms with Gasteiger partial charge in [0.2, 0.25) is 5.91 Å². The summed E-state index contributed by atoms with van der Waals surface area (Å²) in [6.07, 6.45) is 0. The van der Waals surface area contributed by atoms with Crippen LogP contribution in [0.25, 0.3) is 0 Å². The first-order chi connectivity index (χ1) is 8.66. The van der Waals surface area contributed by atoms with Crippen molar-refractivity contribution in [2.24, 2.45) is 5.41 Å². The molecule has 0 saturated carbocycles. The van der Waals surface area contributed by atoms with Gasteiger partial charge in [-0.15, -0.1) is 0 Å². The zero-order valence-corrected chi connectivity index (χ0v) is 12.3. The first-order valence-corrected chi connectivity index (χ1v) is 6.41. The zero-order chi connectivity index (χ0) is 14.8. The Bertz CT molecular complexity index is 515. The van der Waals surface area contributed by atoms with E-state index in [-0.39, 0.29) is 0 Å². The van der Waals surface area contributed by atoms with E-state index in [1.54, 1.807) is 25.1 Å². The zero-order valence-electron chi connectivity index (χ0n) is 10.8. The highest BCUT2D eigenvalue weighted by Crippen LogP contribution is 2.27. The fourth-order valence-corrected chi connectivity index (χ4v) is 1.98. The molecule has 104 valence electrons. The van der Waals surface area contributed by atoms with Gasteiger partial charge in [0.15, 0.2) is 0 Å². The minimum atomic E-state index is -1.49. The molecule has 1 aromatic rings. The molecule has 0 aromatic heterocycles. The summed E-state index contributed by atoms with van der Waals surface area (Å²) >= 11 is 11.8. The molecular formula is C13H15Cl2NO3. The molecule has 0 aliphatic carbocycles. The van der Waals surface area contributed by atoms with E-state index in [9.17, 15) is 9.59 Å². The van der Waals surface area contributed by atoms with E-state index >= 15 is 0 Å². The summed E-state index contributed by atoms with van der Waals surface area (Å²) in [6, 6.07) is 4.52. The molecule has 0 spiro atoms. The van der Waals surface area contributed by atoms with Crippen LogP contribution in [0, 0.1) is 5.41 Å². The molecule has 0 saturated heterocycles. The van der Waals surface area contributed by atoms with E-state index in [0.717, 1.165) is 0 Å². The monoisotopic (exact) mass is 303 g/mol. The quantitative estimate of drug-likeness (QED) is 0.839. The summed E-state index contributed by atoms with van der Waals surface area (Å²) in [4.78, 5) is 22.9. The molecule has 4 nitrogen and oxygen atoms in total. The second-order valence-corrected chi connectivity index (χ2v) is 5.63. The fourth-order valence-electron chi connectivity index (χ4n) is 1.40. The third-order valence-corrected chi connectivity index (χ3v) is 3.44. The molecule has 0 bridgehead atoms. The van der Waals surface area contributed by atoms with Crippen LogP contribution in [-0.2, 0) is 9.59 Å². The molecule has 0 heterocycles. The Morgan fingerprint density at radius 1 is 1.32 bits per heavy atom. The lowest BCUT2D eigenvalue weighted by Crippen LogP contribution is -2.43. The number of aliphatic carboxylic acids is 1. The third-order valence-electron chi connectivity index (χ3n) is 2.88. The number of carboxylic acid groups (broad SMARTS) is 1. The van der Waals surface area contributed by atoms with Crippen LogP contribution in [0.3, 0.4) is 0 Å². The topological polar surface area (TPSA) is 66.4 Å². The van der Waals surface area contributed by atoms with Gasteiger partial charge < -0.3 is 10.4 Å². The predicted octanol–water partition coefficient (Wildman–Crippen LogP) is 3.28. The molecule has 19 heavy (non-hydrogen) atoms. The van der Waals surface area contributed by atoms with Crippen molar-refractivity contribution in [3.05, 3.63) is 33.8 Å². The summed E-state index contributed by atoms with van der Waals surface area (Å²) in [5, 5.41) is 12.5. The normalized spacial score (nSPS) is 12.9. The third kappa shape index (κ3) is 3.61. The molecule has 2 N–H and O–H groups in total. The van der Waals surface area contributed by atoms with Gasteiger partial charge in [-0.3, -0.25) is 9.59 Å². The number of benzene rings is 1. The Balaban J connectivity index is 2.88. The Morgan fingerprint density at radius 3 is 2.37 bits per heavy atom. The summed E-state index contributed by atoms with van der Waals surface area (Å²) in [5.74, 6) is -1.75. The van der Waals surface area contributed by atoms with Gasteiger partial charge in [0.25, 0.3) is 0 Å². The van der Waals surface area contributed by atoms with Crippen LogP contribution < -0.4 is 5.32 Å². The van der Waals surface area contributed by atoms with Crippen molar-refractivity contribution < 1.29 is 14.7 Å². The highest BCUT2D eigenvalue weighted by molar-refractivity contribution is 6.35. The molecule has 0 fully saturated rings. The van der Waals surface area contributed by atoms with E-state index in [1.807, 2.05) is 0 Å².